The first-order chi connectivity index (χ1) is 13.1. The van der Waals surface area contributed by atoms with Crippen LogP contribution in [0.2, 0.25) is 0 Å². The summed E-state index contributed by atoms with van der Waals surface area (Å²) in [5.74, 6) is -1.06. The van der Waals surface area contributed by atoms with E-state index in [9.17, 15) is 14.7 Å². The highest BCUT2D eigenvalue weighted by molar-refractivity contribution is 6.14. The second kappa shape index (κ2) is 10.1. The minimum absolute atomic E-state index is 0.136. The number of benzene rings is 1. The van der Waals surface area contributed by atoms with E-state index in [-0.39, 0.29) is 25.3 Å². The summed E-state index contributed by atoms with van der Waals surface area (Å²) in [6.45, 7) is 3.76. The predicted molar refractivity (Wildman–Crippen MR) is 98.6 cm³/mol. The van der Waals surface area contributed by atoms with Crippen molar-refractivity contribution in [3.05, 3.63) is 59.9 Å². The van der Waals surface area contributed by atoms with Gasteiger partial charge in [-0.2, -0.15) is 5.10 Å². The van der Waals surface area contributed by atoms with Crippen molar-refractivity contribution in [2.24, 2.45) is 0 Å². The van der Waals surface area contributed by atoms with Gasteiger partial charge in [0.05, 0.1) is 32.1 Å². The fourth-order valence-electron chi connectivity index (χ4n) is 2.31. The molecule has 8 heteroatoms. The Morgan fingerprint density at radius 2 is 1.78 bits per heavy atom. The normalized spacial score (nSPS) is 11.4. The number of hydrogen-bond acceptors (Lipinski definition) is 7. The van der Waals surface area contributed by atoms with Gasteiger partial charge in [0.2, 0.25) is 0 Å². The summed E-state index contributed by atoms with van der Waals surface area (Å²) in [5, 5.41) is 17.4. The summed E-state index contributed by atoms with van der Waals surface area (Å²) in [4.78, 5) is 23.9. The third-order valence-corrected chi connectivity index (χ3v) is 3.60. The van der Waals surface area contributed by atoms with Gasteiger partial charge < -0.3 is 19.9 Å². The lowest BCUT2D eigenvalue weighted by atomic mass is 10.1. The molecule has 0 aliphatic rings. The SMILES string of the molecule is CCOC(=O)C(=CNc1ccnn1CC(O)c1ccccc1)C(=O)OCC. The van der Waals surface area contributed by atoms with Crippen molar-refractivity contribution < 1.29 is 24.2 Å². The van der Waals surface area contributed by atoms with Crippen LogP contribution in [0.3, 0.4) is 0 Å². The van der Waals surface area contributed by atoms with Crippen LogP contribution in [0.5, 0.6) is 0 Å². The predicted octanol–water partition coefficient (Wildman–Crippen LogP) is 2.04. The second-order valence-corrected chi connectivity index (χ2v) is 5.47. The maximum Gasteiger partial charge on any atom is 0.347 e. The number of nitrogens with one attached hydrogen (secondary N) is 1. The molecule has 0 amide bonds. The van der Waals surface area contributed by atoms with Crippen LogP contribution in [0, 0.1) is 0 Å². The number of nitrogens with zero attached hydrogens (tertiary/aromatic N) is 2. The first-order valence-corrected chi connectivity index (χ1v) is 8.62. The lowest BCUT2D eigenvalue weighted by Gasteiger charge is -2.14. The van der Waals surface area contributed by atoms with Crippen LogP contribution in [-0.4, -0.2) is 40.0 Å². The number of aromatic nitrogens is 2. The lowest BCUT2D eigenvalue weighted by Crippen LogP contribution is -2.20. The molecular weight excluding hydrogens is 350 g/mol. The Balaban J connectivity index is 2.14. The fourth-order valence-corrected chi connectivity index (χ4v) is 2.31. The summed E-state index contributed by atoms with van der Waals surface area (Å²) < 4.78 is 11.3. The Morgan fingerprint density at radius 3 is 2.37 bits per heavy atom. The molecule has 0 bridgehead atoms. The van der Waals surface area contributed by atoms with Crippen LogP contribution in [-0.2, 0) is 25.6 Å². The van der Waals surface area contributed by atoms with Crippen molar-refractivity contribution in [1.82, 2.24) is 9.78 Å². The van der Waals surface area contributed by atoms with Gasteiger partial charge in [-0.25, -0.2) is 14.3 Å². The quantitative estimate of drug-likeness (QED) is 0.300. The van der Waals surface area contributed by atoms with Crippen LogP contribution in [0.25, 0.3) is 0 Å². The van der Waals surface area contributed by atoms with E-state index < -0.39 is 18.0 Å². The Kier molecular flexibility index (Phi) is 7.57. The molecule has 1 unspecified atom stereocenters. The van der Waals surface area contributed by atoms with Crippen molar-refractivity contribution in [2.75, 3.05) is 18.5 Å². The van der Waals surface area contributed by atoms with E-state index in [1.54, 1.807) is 26.1 Å². The number of aliphatic hydroxyl groups excluding tert-OH is 1. The molecule has 2 aromatic rings. The molecule has 0 radical (unpaired) electrons. The average molecular weight is 373 g/mol. The van der Waals surface area contributed by atoms with Gasteiger partial charge in [-0.05, 0) is 19.4 Å². The molecular formula is C19H23N3O5. The number of aliphatic hydroxyl groups is 1. The zero-order valence-electron chi connectivity index (χ0n) is 15.3. The molecule has 2 rings (SSSR count). The van der Waals surface area contributed by atoms with E-state index in [0.29, 0.717) is 5.82 Å². The Labute approximate surface area is 157 Å². The van der Waals surface area contributed by atoms with Crippen molar-refractivity contribution in [2.45, 2.75) is 26.5 Å². The van der Waals surface area contributed by atoms with Crippen LogP contribution in [0.1, 0.15) is 25.5 Å². The van der Waals surface area contributed by atoms with Gasteiger partial charge >= 0.3 is 11.9 Å². The van der Waals surface area contributed by atoms with Crippen molar-refractivity contribution >= 4 is 17.8 Å². The molecule has 0 aliphatic carbocycles. The lowest BCUT2D eigenvalue weighted by molar-refractivity contribution is -0.146. The van der Waals surface area contributed by atoms with Crippen LogP contribution < -0.4 is 5.32 Å². The number of hydrogen-bond donors (Lipinski definition) is 2. The van der Waals surface area contributed by atoms with Gasteiger partial charge in [0.25, 0.3) is 0 Å². The third kappa shape index (κ3) is 5.68. The van der Waals surface area contributed by atoms with Crippen molar-refractivity contribution in [1.29, 1.82) is 0 Å². The van der Waals surface area contributed by atoms with E-state index in [0.717, 1.165) is 5.56 Å². The van der Waals surface area contributed by atoms with E-state index in [2.05, 4.69) is 10.4 Å². The number of esters is 2. The molecule has 1 aromatic heterocycles. The highest BCUT2D eigenvalue weighted by Crippen LogP contribution is 2.17. The maximum absolute atomic E-state index is 12.0. The zero-order chi connectivity index (χ0) is 19.6. The highest BCUT2D eigenvalue weighted by atomic mass is 16.6. The summed E-state index contributed by atoms with van der Waals surface area (Å²) >= 11 is 0. The minimum Gasteiger partial charge on any atom is -0.462 e. The second-order valence-electron chi connectivity index (χ2n) is 5.47. The molecule has 2 N–H and O–H groups in total. The molecule has 0 saturated carbocycles. The zero-order valence-corrected chi connectivity index (χ0v) is 15.3. The summed E-state index contributed by atoms with van der Waals surface area (Å²) in [6, 6.07) is 10.8. The van der Waals surface area contributed by atoms with E-state index in [4.69, 9.17) is 9.47 Å². The van der Waals surface area contributed by atoms with Crippen LogP contribution in [0.4, 0.5) is 5.82 Å². The topological polar surface area (TPSA) is 103 Å². The average Bonchev–Trinajstić information content (AvgIpc) is 3.10. The van der Waals surface area contributed by atoms with E-state index in [1.807, 2.05) is 30.3 Å². The smallest absolute Gasteiger partial charge is 0.347 e. The molecule has 8 nitrogen and oxygen atoms in total. The fraction of sp³-hybridized carbons (Fsp3) is 0.316. The summed E-state index contributed by atoms with van der Waals surface area (Å²) in [5.41, 5.74) is 0.503. The standard InChI is InChI=1S/C19H23N3O5/c1-3-26-18(24)15(19(25)27-4-2)12-20-17-10-11-21-22(17)13-16(23)14-8-6-5-7-9-14/h5-12,16,20,23H,3-4,13H2,1-2H3. The van der Waals surface area contributed by atoms with Crippen LogP contribution in [0.15, 0.2) is 54.4 Å². The van der Waals surface area contributed by atoms with Crippen molar-refractivity contribution in [3.63, 3.8) is 0 Å². The molecule has 0 aliphatic heterocycles. The van der Waals surface area contributed by atoms with E-state index in [1.165, 1.54) is 10.9 Å². The van der Waals surface area contributed by atoms with Gasteiger partial charge in [0.15, 0.2) is 5.57 Å². The van der Waals surface area contributed by atoms with Gasteiger partial charge in [-0.1, -0.05) is 30.3 Å². The largest absolute Gasteiger partial charge is 0.462 e. The minimum atomic E-state index is -0.779. The molecule has 144 valence electrons. The van der Waals surface area contributed by atoms with Gasteiger partial charge in [-0.15, -0.1) is 0 Å². The first-order valence-electron chi connectivity index (χ1n) is 8.62. The number of ether oxygens (including phenoxy) is 2. The Hall–Kier alpha value is -3.13. The Morgan fingerprint density at radius 1 is 1.15 bits per heavy atom. The third-order valence-electron chi connectivity index (χ3n) is 3.60. The summed E-state index contributed by atoms with van der Waals surface area (Å²) in [7, 11) is 0. The molecule has 27 heavy (non-hydrogen) atoms. The number of anilines is 1. The molecule has 1 heterocycles. The van der Waals surface area contributed by atoms with E-state index >= 15 is 0 Å². The van der Waals surface area contributed by atoms with Gasteiger partial charge in [-0.3, -0.25) is 0 Å². The maximum atomic E-state index is 12.0. The Bertz CT molecular complexity index is 766. The van der Waals surface area contributed by atoms with Gasteiger partial charge in [0, 0.05) is 12.3 Å². The van der Waals surface area contributed by atoms with Crippen molar-refractivity contribution in [3.8, 4) is 0 Å². The number of carbonyl (C=O) groups excluding carboxylic acids is 2. The van der Waals surface area contributed by atoms with Gasteiger partial charge in [0.1, 0.15) is 5.82 Å². The molecule has 0 saturated heterocycles. The number of carbonyl (C=O) groups is 2. The monoisotopic (exact) mass is 373 g/mol. The summed E-state index contributed by atoms with van der Waals surface area (Å²) in [6.07, 6.45) is 2.01. The molecule has 0 spiro atoms. The van der Waals surface area contributed by atoms with Crippen LogP contribution >= 0.6 is 0 Å². The number of rotatable bonds is 9. The highest BCUT2D eigenvalue weighted by Gasteiger charge is 2.21. The molecule has 1 atom stereocenters. The molecule has 1 aromatic carbocycles. The molecule has 0 fully saturated rings. The first kappa shape index (κ1) is 20.2.